The molecule has 0 aliphatic heterocycles. The van der Waals surface area contributed by atoms with E-state index in [0.717, 1.165) is 5.56 Å². The monoisotopic (exact) mass is 290 g/mol. The largest absolute Gasteiger partial charge is 0.334 e. The molecule has 1 aromatic carbocycles. The third-order valence-corrected chi connectivity index (χ3v) is 3.22. The van der Waals surface area contributed by atoms with E-state index in [4.69, 9.17) is 11.6 Å². The summed E-state index contributed by atoms with van der Waals surface area (Å²) in [4.78, 5) is 28.1. The van der Waals surface area contributed by atoms with Crippen LogP contribution in [0.15, 0.2) is 47.4 Å². The fourth-order valence-electron chi connectivity index (χ4n) is 1.94. The second-order valence-electron chi connectivity index (χ2n) is 4.36. The van der Waals surface area contributed by atoms with Gasteiger partial charge in [-0.05, 0) is 36.8 Å². The maximum atomic E-state index is 12.4. The summed E-state index contributed by atoms with van der Waals surface area (Å²) in [7, 11) is 0. The number of nitrogens with zero attached hydrogens (tertiary/aromatic N) is 1. The van der Waals surface area contributed by atoms with Gasteiger partial charge in [0, 0.05) is 24.3 Å². The average molecular weight is 291 g/mol. The minimum Gasteiger partial charge on any atom is -0.334 e. The fourth-order valence-corrected chi connectivity index (χ4v) is 2.16. The number of benzene rings is 1. The first-order valence-electron chi connectivity index (χ1n) is 6.33. The molecule has 5 heteroatoms. The van der Waals surface area contributed by atoms with Crippen LogP contribution in [-0.4, -0.2) is 22.3 Å². The number of hydrogen-bond donors (Lipinski definition) is 1. The summed E-state index contributed by atoms with van der Waals surface area (Å²) in [6, 6.07) is 10.5. The molecule has 0 aliphatic carbocycles. The van der Waals surface area contributed by atoms with E-state index >= 15 is 0 Å². The predicted octanol–water partition coefficient (Wildman–Crippen LogP) is 2.69. The lowest BCUT2D eigenvalue weighted by Crippen LogP contribution is -2.34. The number of nitrogens with one attached hydrogen (secondary N) is 1. The van der Waals surface area contributed by atoms with E-state index in [0.29, 0.717) is 18.1 Å². The Balaban J connectivity index is 2.23. The molecule has 2 rings (SSSR count). The number of hydrogen-bond acceptors (Lipinski definition) is 2. The number of amides is 1. The highest BCUT2D eigenvalue weighted by atomic mass is 35.5. The first-order chi connectivity index (χ1) is 9.61. The second kappa shape index (κ2) is 6.39. The zero-order valence-corrected chi connectivity index (χ0v) is 11.9. The molecule has 1 heterocycles. The van der Waals surface area contributed by atoms with Gasteiger partial charge in [0.2, 0.25) is 0 Å². The van der Waals surface area contributed by atoms with Gasteiger partial charge in [0.05, 0.1) is 0 Å². The molecule has 104 valence electrons. The van der Waals surface area contributed by atoms with Crippen molar-refractivity contribution in [3.8, 4) is 0 Å². The normalized spacial score (nSPS) is 10.3. The summed E-state index contributed by atoms with van der Waals surface area (Å²) < 4.78 is 0. The molecule has 0 atom stereocenters. The van der Waals surface area contributed by atoms with Crippen LogP contribution in [0.25, 0.3) is 0 Å². The summed E-state index contributed by atoms with van der Waals surface area (Å²) in [6.45, 7) is 2.81. The summed E-state index contributed by atoms with van der Waals surface area (Å²) >= 11 is 5.93. The Kier molecular flexibility index (Phi) is 4.58. The van der Waals surface area contributed by atoms with E-state index in [-0.39, 0.29) is 17.0 Å². The second-order valence-corrected chi connectivity index (χ2v) is 4.80. The summed E-state index contributed by atoms with van der Waals surface area (Å²) in [6.07, 6.45) is 1.51. The summed E-state index contributed by atoms with van der Waals surface area (Å²) in [5.41, 5.74) is 0.707. The number of carbonyl (C=O) groups is 1. The molecule has 0 spiro atoms. The summed E-state index contributed by atoms with van der Waals surface area (Å²) in [5.74, 6) is -0.283. The van der Waals surface area contributed by atoms with E-state index in [2.05, 4.69) is 4.98 Å². The number of aromatic nitrogens is 1. The smallest absolute Gasteiger partial charge is 0.260 e. The molecule has 20 heavy (non-hydrogen) atoms. The molecule has 0 unspecified atom stereocenters. The van der Waals surface area contributed by atoms with Gasteiger partial charge in [0.15, 0.2) is 0 Å². The standard InChI is InChI=1S/C15H15ClN2O2/c1-2-18(10-11-5-3-6-12(16)9-11)15(20)13-7-4-8-17-14(13)19/h3-9H,2,10H2,1H3,(H,17,19). The minimum atomic E-state index is -0.373. The molecular formula is C15H15ClN2O2. The van der Waals surface area contributed by atoms with Crippen molar-refractivity contribution in [1.29, 1.82) is 0 Å². The Bertz CT molecular complexity index is 667. The van der Waals surface area contributed by atoms with Crippen molar-refractivity contribution in [2.45, 2.75) is 13.5 Å². The Morgan fingerprint density at radius 3 is 2.75 bits per heavy atom. The minimum absolute atomic E-state index is 0.149. The van der Waals surface area contributed by atoms with Gasteiger partial charge in [-0.3, -0.25) is 9.59 Å². The van der Waals surface area contributed by atoms with Gasteiger partial charge in [-0.2, -0.15) is 0 Å². The van der Waals surface area contributed by atoms with Crippen LogP contribution in [0.5, 0.6) is 0 Å². The maximum absolute atomic E-state index is 12.4. The van der Waals surface area contributed by atoms with Crippen LogP contribution in [-0.2, 0) is 6.54 Å². The molecule has 2 aromatic rings. The van der Waals surface area contributed by atoms with Gasteiger partial charge in [-0.25, -0.2) is 0 Å². The maximum Gasteiger partial charge on any atom is 0.260 e. The Hall–Kier alpha value is -2.07. The van der Waals surface area contributed by atoms with Crippen molar-refractivity contribution in [2.75, 3.05) is 6.54 Å². The van der Waals surface area contributed by atoms with Crippen LogP contribution in [0.4, 0.5) is 0 Å². The average Bonchev–Trinajstić information content (AvgIpc) is 2.44. The Morgan fingerprint density at radius 2 is 2.10 bits per heavy atom. The number of pyridine rings is 1. The van der Waals surface area contributed by atoms with E-state index in [9.17, 15) is 9.59 Å². The molecular weight excluding hydrogens is 276 g/mol. The molecule has 4 nitrogen and oxygen atoms in total. The molecule has 0 saturated heterocycles. The molecule has 1 aromatic heterocycles. The first-order valence-corrected chi connectivity index (χ1v) is 6.71. The topological polar surface area (TPSA) is 53.2 Å². The van der Waals surface area contributed by atoms with Crippen molar-refractivity contribution in [3.05, 3.63) is 69.1 Å². The lowest BCUT2D eigenvalue weighted by molar-refractivity contribution is 0.0751. The molecule has 1 N–H and O–H groups in total. The van der Waals surface area contributed by atoms with Gasteiger partial charge >= 0.3 is 0 Å². The summed E-state index contributed by atoms with van der Waals surface area (Å²) in [5, 5.41) is 0.628. The van der Waals surface area contributed by atoms with Crippen LogP contribution >= 0.6 is 11.6 Å². The lowest BCUT2D eigenvalue weighted by Gasteiger charge is -2.20. The molecule has 0 radical (unpaired) electrons. The van der Waals surface area contributed by atoms with Crippen molar-refractivity contribution in [2.24, 2.45) is 0 Å². The highest BCUT2D eigenvalue weighted by molar-refractivity contribution is 6.30. The molecule has 0 aliphatic rings. The number of carbonyl (C=O) groups excluding carboxylic acids is 1. The highest BCUT2D eigenvalue weighted by Gasteiger charge is 2.17. The number of rotatable bonds is 4. The molecule has 0 saturated carbocycles. The van der Waals surface area contributed by atoms with Gasteiger partial charge in [0.1, 0.15) is 5.56 Å². The SMILES string of the molecule is CCN(Cc1cccc(Cl)c1)C(=O)c1ccc[nH]c1=O. The van der Waals surface area contributed by atoms with E-state index < -0.39 is 0 Å². The van der Waals surface area contributed by atoms with E-state index in [1.165, 1.54) is 12.3 Å². The third-order valence-electron chi connectivity index (χ3n) is 2.98. The Morgan fingerprint density at radius 1 is 1.30 bits per heavy atom. The zero-order chi connectivity index (χ0) is 14.5. The number of halogens is 1. The van der Waals surface area contributed by atoms with Crippen LogP contribution < -0.4 is 5.56 Å². The van der Waals surface area contributed by atoms with Gasteiger partial charge in [0.25, 0.3) is 11.5 Å². The van der Waals surface area contributed by atoms with Gasteiger partial charge in [-0.15, -0.1) is 0 Å². The Labute approximate surface area is 122 Å². The molecule has 1 amide bonds. The van der Waals surface area contributed by atoms with E-state index in [1.807, 2.05) is 25.1 Å². The number of aromatic amines is 1. The van der Waals surface area contributed by atoms with Crippen molar-refractivity contribution < 1.29 is 4.79 Å². The molecule has 0 bridgehead atoms. The van der Waals surface area contributed by atoms with Gasteiger partial charge < -0.3 is 9.88 Å². The van der Waals surface area contributed by atoms with Crippen LogP contribution in [0.2, 0.25) is 5.02 Å². The van der Waals surface area contributed by atoms with Crippen molar-refractivity contribution in [3.63, 3.8) is 0 Å². The van der Waals surface area contributed by atoms with E-state index in [1.54, 1.807) is 17.0 Å². The quantitative estimate of drug-likeness (QED) is 0.941. The zero-order valence-electron chi connectivity index (χ0n) is 11.1. The van der Waals surface area contributed by atoms with Gasteiger partial charge in [-0.1, -0.05) is 23.7 Å². The van der Waals surface area contributed by atoms with Crippen LogP contribution in [0.3, 0.4) is 0 Å². The van der Waals surface area contributed by atoms with Crippen molar-refractivity contribution >= 4 is 17.5 Å². The lowest BCUT2D eigenvalue weighted by atomic mass is 10.2. The van der Waals surface area contributed by atoms with Crippen molar-refractivity contribution in [1.82, 2.24) is 9.88 Å². The fraction of sp³-hybridized carbons (Fsp3) is 0.200. The molecule has 0 fully saturated rings. The highest BCUT2D eigenvalue weighted by Crippen LogP contribution is 2.13. The number of H-pyrrole nitrogens is 1. The van der Waals surface area contributed by atoms with Crippen LogP contribution in [0, 0.1) is 0 Å². The van der Waals surface area contributed by atoms with Crippen LogP contribution in [0.1, 0.15) is 22.8 Å². The predicted molar refractivity (Wildman–Crippen MR) is 78.9 cm³/mol. The third kappa shape index (κ3) is 3.27. The first kappa shape index (κ1) is 14.3.